The predicted octanol–water partition coefficient (Wildman–Crippen LogP) is 4.95. The molecule has 1 heteroatoms. The van der Waals surface area contributed by atoms with Crippen LogP contribution >= 0.6 is 0 Å². The number of fused-ring (bicyclic) bond motifs is 5. The summed E-state index contributed by atoms with van der Waals surface area (Å²) in [4.78, 5) is 0. The Labute approximate surface area is 130 Å². The highest BCUT2D eigenvalue weighted by molar-refractivity contribution is 5.24. The zero-order valence-electron chi connectivity index (χ0n) is 14.1. The molecule has 1 N–H and O–H groups in total. The van der Waals surface area contributed by atoms with Crippen LogP contribution in [0.4, 0.5) is 0 Å². The average molecular weight is 288 g/mol. The van der Waals surface area contributed by atoms with Crippen LogP contribution in [-0.4, -0.2) is 10.7 Å². The Morgan fingerprint density at radius 3 is 2.57 bits per heavy atom. The molecule has 0 aromatic heterocycles. The van der Waals surface area contributed by atoms with E-state index in [1.807, 2.05) is 6.92 Å². The molecule has 0 heterocycles. The summed E-state index contributed by atoms with van der Waals surface area (Å²) in [5, 5.41) is 10.8. The highest BCUT2D eigenvalue weighted by Gasteiger charge is 2.61. The molecule has 3 saturated carbocycles. The van der Waals surface area contributed by atoms with Crippen molar-refractivity contribution in [2.24, 2.45) is 34.5 Å². The molecule has 3 fully saturated rings. The summed E-state index contributed by atoms with van der Waals surface area (Å²) in [5.74, 6) is 3.34. The van der Waals surface area contributed by atoms with Gasteiger partial charge in [0.15, 0.2) is 0 Å². The van der Waals surface area contributed by atoms with Crippen LogP contribution in [0.3, 0.4) is 0 Å². The molecule has 0 aromatic rings. The SMILES string of the molecule is C[C@]12CCCC[C@@H]1CC[C@@H]1[C@@H]2CC[C@@]2(C)[C@H]1C=C[C@@]2(C)O. The molecule has 4 rings (SSSR count). The zero-order valence-corrected chi connectivity index (χ0v) is 14.1. The van der Waals surface area contributed by atoms with E-state index in [1.54, 1.807) is 0 Å². The fourth-order valence-corrected chi connectivity index (χ4v) is 6.97. The van der Waals surface area contributed by atoms with Gasteiger partial charge in [-0.3, -0.25) is 0 Å². The number of hydrogen-bond acceptors (Lipinski definition) is 1. The number of hydrogen-bond donors (Lipinski definition) is 1. The van der Waals surface area contributed by atoms with Gasteiger partial charge < -0.3 is 5.11 Å². The maximum atomic E-state index is 10.8. The lowest BCUT2D eigenvalue weighted by atomic mass is 9.44. The van der Waals surface area contributed by atoms with Gasteiger partial charge in [-0.2, -0.15) is 0 Å². The molecule has 0 amide bonds. The van der Waals surface area contributed by atoms with Gasteiger partial charge in [0, 0.05) is 5.41 Å². The van der Waals surface area contributed by atoms with E-state index in [9.17, 15) is 5.11 Å². The molecule has 0 spiro atoms. The van der Waals surface area contributed by atoms with Crippen molar-refractivity contribution >= 4 is 0 Å². The Hall–Kier alpha value is -0.300. The minimum atomic E-state index is -0.590. The topological polar surface area (TPSA) is 20.2 Å². The van der Waals surface area contributed by atoms with Crippen molar-refractivity contribution in [3.05, 3.63) is 12.2 Å². The Morgan fingerprint density at radius 1 is 0.952 bits per heavy atom. The van der Waals surface area contributed by atoms with E-state index in [4.69, 9.17) is 0 Å². The van der Waals surface area contributed by atoms with Gasteiger partial charge in [-0.15, -0.1) is 0 Å². The molecule has 4 aliphatic carbocycles. The smallest absolute Gasteiger partial charge is 0.0858 e. The third-order valence-corrected chi connectivity index (χ3v) is 8.62. The molecule has 118 valence electrons. The highest BCUT2D eigenvalue weighted by atomic mass is 16.3. The van der Waals surface area contributed by atoms with Crippen LogP contribution in [0.15, 0.2) is 12.2 Å². The molecule has 4 aliphatic rings. The summed E-state index contributed by atoms with van der Waals surface area (Å²) in [5.41, 5.74) is 0.101. The third-order valence-electron chi connectivity index (χ3n) is 8.62. The second-order valence-corrected chi connectivity index (χ2v) is 9.28. The molecule has 1 nitrogen and oxygen atoms in total. The van der Waals surface area contributed by atoms with Gasteiger partial charge >= 0.3 is 0 Å². The molecule has 0 saturated heterocycles. The minimum absolute atomic E-state index is 0.0893. The summed E-state index contributed by atoms with van der Waals surface area (Å²) in [6.07, 6.45) is 15.8. The van der Waals surface area contributed by atoms with Crippen LogP contribution in [-0.2, 0) is 0 Å². The molecular weight excluding hydrogens is 256 g/mol. The lowest BCUT2D eigenvalue weighted by Gasteiger charge is -2.61. The molecule has 0 bridgehead atoms. The average Bonchev–Trinajstić information content (AvgIpc) is 2.69. The number of rotatable bonds is 0. The van der Waals surface area contributed by atoms with Gasteiger partial charge in [0.25, 0.3) is 0 Å². The largest absolute Gasteiger partial charge is 0.385 e. The predicted molar refractivity (Wildman–Crippen MR) is 86.9 cm³/mol. The van der Waals surface area contributed by atoms with E-state index in [0.717, 1.165) is 17.8 Å². The summed E-state index contributed by atoms with van der Waals surface area (Å²) >= 11 is 0. The Kier molecular flexibility index (Phi) is 2.98. The Bertz CT molecular complexity index is 464. The molecule has 0 radical (unpaired) electrons. The Balaban J connectivity index is 1.67. The first kappa shape index (κ1) is 14.3. The van der Waals surface area contributed by atoms with E-state index in [0.29, 0.717) is 11.3 Å². The van der Waals surface area contributed by atoms with Crippen molar-refractivity contribution < 1.29 is 5.11 Å². The van der Waals surface area contributed by atoms with E-state index < -0.39 is 5.60 Å². The van der Waals surface area contributed by atoms with Crippen LogP contribution in [0.25, 0.3) is 0 Å². The second kappa shape index (κ2) is 4.37. The third kappa shape index (κ3) is 1.73. The minimum Gasteiger partial charge on any atom is -0.385 e. The van der Waals surface area contributed by atoms with Crippen molar-refractivity contribution in [3.63, 3.8) is 0 Å². The molecule has 7 atom stereocenters. The van der Waals surface area contributed by atoms with Gasteiger partial charge in [0.2, 0.25) is 0 Å². The summed E-state index contributed by atoms with van der Waals surface area (Å²) in [7, 11) is 0. The van der Waals surface area contributed by atoms with Crippen molar-refractivity contribution in [1.82, 2.24) is 0 Å². The van der Waals surface area contributed by atoms with Crippen molar-refractivity contribution in [1.29, 1.82) is 0 Å². The zero-order chi connectivity index (χ0) is 14.9. The highest BCUT2D eigenvalue weighted by Crippen LogP contribution is 2.66. The van der Waals surface area contributed by atoms with Gasteiger partial charge in [0.1, 0.15) is 0 Å². The molecule has 21 heavy (non-hydrogen) atoms. The Morgan fingerprint density at radius 2 is 1.76 bits per heavy atom. The van der Waals surface area contributed by atoms with E-state index >= 15 is 0 Å². The van der Waals surface area contributed by atoms with Gasteiger partial charge in [0.05, 0.1) is 5.60 Å². The van der Waals surface area contributed by atoms with Gasteiger partial charge in [-0.1, -0.05) is 38.8 Å². The molecule has 0 unspecified atom stereocenters. The number of aliphatic hydroxyl groups is 1. The number of allylic oxidation sites excluding steroid dienone is 1. The summed E-state index contributed by atoms with van der Waals surface area (Å²) in [6, 6.07) is 0. The van der Waals surface area contributed by atoms with Crippen molar-refractivity contribution in [3.8, 4) is 0 Å². The molecular formula is C20H32O. The lowest BCUT2D eigenvalue weighted by Crippen LogP contribution is -2.55. The standard InChI is InChI=1S/C20H32O/c1-18-11-5-4-6-14(18)7-8-15-16(18)9-12-19(2)17(15)10-13-20(19,3)21/h10,13-17,21H,4-9,11-12H2,1-3H3/t14-,15-,16+,17+,18+,19+,20-/m1/s1. The van der Waals surface area contributed by atoms with Gasteiger partial charge in [-0.25, -0.2) is 0 Å². The summed E-state index contributed by atoms with van der Waals surface area (Å²) < 4.78 is 0. The van der Waals surface area contributed by atoms with Crippen LogP contribution in [0.5, 0.6) is 0 Å². The van der Waals surface area contributed by atoms with Gasteiger partial charge in [-0.05, 0) is 74.5 Å². The molecule has 0 aliphatic heterocycles. The van der Waals surface area contributed by atoms with Crippen molar-refractivity contribution in [2.45, 2.75) is 77.7 Å². The molecule has 0 aromatic carbocycles. The maximum absolute atomic E-state index is 10.8. The first-order valence-electron chi connectivity index (χ1n) is 9.30. The maximum Gasteiger partial charge on any atom is 0.0858 e. The van der Waals surface area contributed by atoms with Crippen LogP contribution in [0.1, 0.15) is 72.1 Å². The van der Waals surface area contributed by atoms with Crippen LogP contribution in [0.2, 0.25) is 0 Å². The van der Waals surface area contributed by atoms with E-state index in [1.165, 1.54) is 51.4 Å². The fourth-order valence-electron chi connectivity index (χ4n) is 6.97. The fraction of sp³-hybridized carbons (Fsp3) is 0.900. The van der Waals surface area contributed by atoms with Crippen molar-refractivity contribution in [2.75, 3.05) is 0 Å². The lowest BCUT2D eigenvalue weighted by molar-refractivity contribution is -0.137. The summed E-state index contributed by atoms with van der Waals surface area (Å²) in [6.45, 7) is 7.01. The normalized spacial score (nSPS) is 59.2. The van der Waals surface area contributed by atoms with E-state index in [2.05, 4.69) is 26.0 Å². The quantitative estimate of drug-likeness (QED) is 0.626. The first-order chi connectivity index (χ1) is 9.88. The monoisotopic (exact) mass is 288 g/mol. The van der Waals surface area contributed by atoms with Crippen LogP contribution in [0, 0.1) is 34.5 Å². The van der Waals surface area contributed by atoms with E-state index in [-0.39, 0.29) is 5.41 Å². The first-order valence-corrected chi connectivity index (χ1v) is 9.30. The van der Waals surface area contributed by atoms with Crippen LogP contribution < -0.4 is 0 Å². The second-order valence-electron chi connectivity index (χ2n) is 9.28.